The van der Waals surface area contributed by atoms with E-state index in [1.165, 1.54) is 0 Å². The Bertz CT molecular complexity index is 603. The molecule has 5 heteroatoms. The summed E-state index contributed by atoms with van der Waals surface area (Å²) in [7, 11) is 0. The number of ether oxygens (including phenoxy) is 1. The minimum Gasteiger partial charge on any atom is -0.493 e. The number of hydrogen-bond acceptors (Lipinski definition) is 5. The second kappa shape index (κ2) is 5.85. The number of nitrogens with one attached hydrogen (secondary N) is 1. The summed E-state index contributed by atoms with van der Waals surface area (Å²) in [5, 5.41) is 7.53. The third-order valence-electron chi connectivity index (χ3n) is 4.08. The van der Waals surface area contributed by atoms with E-state index < -0.39 is 0 Å². The Labute approximate surface area is 124 Å². The van der Waals surface area contributed by atoms with Crippen molar-refractivity contribution in [3.05, 3.63) is 30.2 Å². The molecule has 2 heterocycles. The molecule has 0 spiro atoms. The maximum atomic E-state index is 5.64. The molecule has 0 atom stereocenters. The van der Waals surface area contributed by atoms with E-state index >= 15 is 0 Å². The Kier molecular flexibility index (Phi) is 3.92. The van der Waals surface area contributed by atoms with Gasteiger partial charge in [-0.1, -0.05) is 24.2 Å². The largest absolute Gasteiger partial charge is 0.493 e. The van der Waals surface area contributed by atoms with Gasteiger partial charge in [0.2, 0.25) is 11.7 Å². The first kappa shape index (κ1) is 14.1. The van der Waals surface area contributed by atoms with E-state index in [0.29, 0.717) is 12.4 Å². The monoisotopic (exact) mass is 287 g/mol. The summed E-state index contributed by atoms with van der Waals surface area (Å²) in [5.41, 5.74) is 0.851. The van der Waals surface area contributed by atoms with E-state index in [0.717, 1.165) is 43.1 Å². The second-order valence-electron chi connectivity index (χ2n) is 5.66. The van der Waals surface area contributed by atoms with Gasteiger partial charge in [0.25, 0.3) is 0 Å². The van der Waals surface area contributed by atoms with Gasteiger partial charge in [-0.15, -0.1) is 0 Å². The molecular formula is C16H21N3O2. The first-order valence-corrected chi connectivity index (χ1v) is 7.50. The van der Waals surface area contributed by atoms with Crippen molar-refractivity contribution in [2.45, 2.75) is 32.1 Å². The fraction of sp³-hybridized carbons (Fsp3) is 0.500. The summed E-state index contributed by atoms with van der Waals surface area (Å²) >= 11 is 0. The van der Waals surface area contributed by atoms with Crippen molar-refractivity contribution < 1.29 is 9.26 Å². The highest BCUT2D eigenvalue weighted by atomic mass is 16.5. The normalized spacial score (nSPS) is 17.6. The fourth-order valence-electron chi connectivity index (χ4n) is 2.70. The van der Waals surface area contributed by atoms with Crippen LogP contribution in [-0.2, 0) is 5.41 Å². The van der Waals surface area contributed by atoms with Crippen molar-refractivity contribution in [3.63, 3.8) is 0 Å². The van der Waals surface area contributed by atoms with E-state index in [4.69, 9.17) is 9.26 Å². The highest BCUT2D eigenvalue weighted by Crippen LogP contribution is 2.34. The summed E-state index contributed by atoms with van der Waals surface area (Å²) in [6.07, 6.45) is 2.03. The van der Waals surface area contributed by atoms with Crippen LogP contribution in [0.2, 0.25) is 0 Å². The predicted molar refractivity (Wildman–Crippen MR) is 80.4 cm³/mol. The topological polar surface area (TPSA) is 60.2 Å². The summed E-state index contributed by atoms with van der Waals surface area (Å²) in [6.45, 7) is 6.76. The lowest BCUT2D eigenvalue weighted by Crippen LogP contribution is -2.37. The first-order valence-electron chi connectivity index (χ1n) is 7.50. The van der Waals surface area contributed by atoms with Crippen molar-refractivity contribution in [2.75, 3.05) is 19.7 Å². The molecule has 1 saturated heterocycles. The SMILES string of the molecule is CCOc1ccccc1-c1noc(C2(C)CCNCC2)n1. The Morgan fingerprint density at radius 3 is 2.81 bits per heavy atom. The highest BCUT2D eigenvalue weighted by Gasteiger charge is 2.34. The Balaban J connectivity index is 1.91. The van der Waals surface area contributed by atoms with E-state index in [2.05, 4.69) is 22.4 Å². The number of hydrogen-bond donors (Lipinski definition) is 1. The van der Waals surface area contributed by atoms with Crippen LogP contribution in [0.15, 0.2) is 28.8 Å². The zero-order valence-electron chi connectivity index (χ0n) is 12.6. The minimum absolute atomic E-state index is 0.0307. The molecule has 0 radical (unpaired) electrons. The zero-order chi connectivity index (χ0) is 14.7. The average Bonchev–Trinajstić information content (AvgIpc) is 2.99. The molecule has 21 heavy (non-hydrogen) atoms. The lowest BCUT2D eigenvalue weighted by molar-refractivity contribution is 0.241. The number of aromatic nitrogens is 2. The fourth-order valence-corrected chi connectivity index (χ4v) is 2.70. The molecule has 1 fully saturated rings. The van der Waals surface area contributed by atoms with Crippen LogP contribution in [0.5, 0.6) is 5.75 Å². The molecule has 2 aromatic rings. The summed E-state index contributed by atoms with van der Waals surface area (Å²) < 4.78 is 11.2. The summed E-state index contributed by atoms with van der Waals surface area (Å²) in [4.78, 5) is 4.63. The standard InChI is InChI=1S/C16H21N3O2/c1-3-20-13-7-5-4-6-12(13)14-18-15(21-19-14)16(2)8-10-17-11-9-16/h4-7,17H,3,8-11H2,1-2H3. The van der Waals surface area contributed by atoms with Gasteiger partial charge in [-0.25, -0.2) is 0 Å². The second-order valence-corrected chi connectivity index (χ2v) is 5.66. The molecule has 1 N–H and O–H groups in total. The third kappa shape index (κ3) is 2.78. The Morgan fingerprint density at radius 1 is 1.29 bits per heavy atom. The molecule has 1 aliphatic rings. The number of benzene rings is 1. The number of nitrogens with zero attached hydrogens (tertiary/aromatic N) is 2. The molecule has 112 valence electrons. The van der Waals surface area contributed by atoms with E-state index in [1.807, 2.05) is 31.2 Å². The molecule has 0 aliphatic carbocycles. The van der Waals surface area contributed by atoms with Crippen LogP contribution in [0.25, 0.3) is 11.4 Å². The van der Waals surface area contributed by atoms with E-state index in [9.17, 15) is 0 Å². The summed E-state index contributed by atoms with van der Waals surface area (Å²) in [6, 6.07) is 7.80. The summed E-state index contributed by atoms with van der Waals surface area (Å²) in [5.74, 6) is 2.13. The molecule has 1 aromatic carbocycles. The van der Waals surface area contributed by atoms with Crippen molar-refractivity contribution in [3.8, 4) is 17.1 Å². The average molecular weight is 287 g/mol. The molecule has 1 aromatic heterocycles. The Hall–Kier alpha value is -1.88. The van der Waals surface area contributed by atoms with Crippen molar-refractivity contribution in [2.24, 2.45) is 0 Å². The molecule has 5 nitrogen and oxygen atoms in total. The van der Waals surface area contributed by atoms with Crippen LogP contribution < -0.4 is 10.1 Å². The maximum absolute atomic E-state index is 5.64. The van der Waals surface area contributed by atoms with Gasteiger partial charge in [-0.3, -0.25) is 0 Å². The smallest absolute Gasteiger partial charge is 0.232 e. The van der Waals surface area contributed by atoms with Gasteiger partial charge < -0.3 is 14.6 Å². The first-order chi connectivity index (χ1) is 10.2. The number of piperidine rings is 1. The van der Waals surface area contributed by atoms with Crippen LogP contribution in [0.3, 0.4) is 0 Å². The van der Waals surface area contributed by atoms with Gasteiger partial charge in [0.1, 0.15) is 5.75 Å². The van der Waals surface area contributed by atoms with Crippen molar-refractivity contribution >= 4 is 0 Å². The lowest BCUT2D eigenvalue weighted by atomic mass is 9.81. The maximum Gasteiger partial charge on any atom is 0.232 e. The number of rotatable bonds is 4. The molecular weight excluding hydrogens is 266 g/mol. The lowest BCUT2D eigenvalue weighted by Gasteiger charge is -2.30. The van der Waals surface area contributed by atoms with Gasteiger partial charge in [0.15, 0.2) is 0 Å². The quantitative estimate of drug-likeness (QED) is 0.937. The van der Waals surface area contributed by atoms with Gasteiger partial charge in [0, 0.05) is 5.41 Å². The van der Waals surface area contributed by atoms with Crippen molar-refractivity contribution in [1.82, 2.24) is 15.5 Å². The predicted octanol–water partition coefficient (Wildman–Crippen LogP) is 2.78. The van der Waals surface area contributed by atoms with Crippen LogP contribution >= 0.6 is 0 Å². The molecule has 0 unspecified atom stereocenters. The van der Waals surface area contributed by atoms with E-state index in [1.54, 1.807) is 0 Å². The third-order valence-corrected chi connectivity index (χ3v) is 4.08. The van der Waals surface area contributed by atoms with Crippen LogP contribution in [0.4, 0.5) is 0 Å². The zero-order valence-corrected chi connectivity index (χ0v) is 12.6. The van der Waals surface area contributed by atoms with Gasteiger partial charge in [-0.05, 0) is 45.0 Å². The van der Waals surface area contributed by atoms with Crippen molar-refractivity contribution in [1.29, 1.82) is 0 Å². The van der Waals surface area contributed by atoms with Gasteiger partial charge in [-0.2, -0.15) is 4.98 Å². The molecule has 0 saturated carbocycles. The molecule has 3 rings (SSSR count). The van der Waals surface area contributed by atoms with Crippen LogP contribution in [0, 0.1) is 0 Å². The Morgan fingerprint density at radius 2 is 2.05 bits per heavy atom. The van der Waals surface area contributed by atoms with Crippen LogP contribution in [-0.4, -0.2) is 29.8 Å². The molecule has 0 bridgehead atoms. The highest BCUT2D eigenvalue weighted by molar-refractivity contribution is 5.63. The minimum atomic E-state index is -0.0307. The van der Waals surface area contributed by atoms with E-state index in [-0.39, 0.29) is 5.41 Å². The van der Waals surface area contributed by atoms with Gasteiger partial charge >= 0.3 is 0 Å². The molecule has 0 amide bonds. The molecule has 1 aliphatic heterocycles. The number of para-hydroxylation sites is 1. The van der Waals surface area contributed by atoms with Crippen LogP contribution in [0.1, 0.15) is 32.6 Å². The van der Waals surface area contributed by atoms with Gasteiger partial charge in [0.05, 0.1) is 12.2 Å².